The van der Waals surface area contributed by atoms with Crippen LogP contribution >= 0.6 is 15.8 Å². The Balaban J connectivity index is 4.88. The second kappa shape index (κ2) is 16.8. The maximum absolute atomic E-state index is 2.42. The molecule has 0 aromatic heterocycles. The largest absolute Gasteiger partial charge is 0.101 e. The molecule has 0 aliphatic heterocycles. The van der Waals surface area contributed by atoms with Crippen LogP contribution in [-0.2, 0) is 0 Å². The summed E-state index contributed by atoms with van der Waals surface area (Å²) < 4.78 is 0. The zero-order valence-corrected chi connectivity index (χ0v) is 18.2. The molecular formula is C19H43BP2. The Morgan fingerprint density at radius 2 is 0.955 bits per heavy atom. The monoisotopic (exact) mass is 344 g/mol. The molecule has 132 valence electrons. The zero-order valence-electron chi connectivity index (χ0n) is 16.4. The van der Waals surface area contributed by atoms with Crippen molar-refractivity contribution in [3.63, 3.8) is 0 Å². The highest BCUT2D eigenvalue weighted by Gasteiger charge is 2.26. The third-order valence-electron chi connectivity index (χ3n) is 4.59. The summed E-state index contributed by atoms with van der Waals surface area (Å²) in [6.07, 6.45) is 20.8. The quantitative estimate of drug-likeness (QED) is 0.211. The highest BCUT2D eigenvalue weighted by atomic mass is 31.2. The zero-order chi connectivity index (χ0) is 16.6. The first kappa shape index (κ1) is 22.9. The van der Waals surface area contributed by atoms with E-state index in [9.17, 15) is 0 Å². The SMILES string of the molecule is BCCC(P(CCCC)CCCC)P(CCCC)CCCC. The molecule has 0 unspecified atom stereocenters. The van der Waals surface area contributed by atoms with Crippen molar-refractivity contribution < 1.29 is 0 Å². The predicted octanol–water partition coefficient (Wildman–Crippen LogP) is 6.92. The van der Waals surface area contributed by atoms with Crippen LogP contribution in [0.15, 0.2) is 0 Å². The van der Waals surface area contributed by atoms with E-state index in [1.807, 2.05) is 0 Å². The van der Waals surface area contributed by atoms with Crippen molar-refractivity contribution in [1.29, 1.82) is 0 Å². The molecule has 0 heterocycles. The molecule has 0 atom stereocenters. The molecule has 0 amide bonds. The van der Waals surface area contributed by atoms with Crippen LogP contribution in [0.5, 0.6) is 0 Å². The summed E-state index contributed by atoms with van der Waals surface area (Å²) in [4.78, 5) is 0. The highest BCUT2D eigenvalue weighted by molar-refractivity contribution is 7.75. The van der Waals surface area contributed by atoms with Crippen LogP contribution < -0.4 is 0 Å². The second-order valence-corrected chi connectivity index (χ2v) is 12.6. The van der Waals surface area contributed by atoms with Gasteiger partial charge in [-0.25, -0.2) is 0 Å². The summed E-state index contributed by atoms with van der Waals surface area (Å²) in [7, 11) is 3.05. The fraction of sp³-hybridized carbons (Fsp3) is 1.00. The summed E-state index contributed by atoms with van der Waals surface area (Å²) in [5.41, 5.74) is 0. The average Bonchev–Trinajstić information content (AvgIpc) is 2.54. The minimum absolute atomic E-state index is 0.315. The van der Waals surface area contributed by atoms with Gasteiger partial charge in [0.05, 0.1) is 0 Å². The van der Waals surface area contributed by atoms with Crippen LogP contribution in [0.1, 0.15) is 85.5 Å². The third-order valence-corrected chi connectivity index (χ3v) is 12.3. The number of unbranched alkanes of at least 4 members (excludes halogenated alkanes) is 4. The molecule has 22 heavy (non-hydrogen) atoms. The summed E-state index contributed by atoms with van der Waals surface area (Å²) in [5, 5.41) is 1.14. The Morgan fingerprint density at radius 1 is 0.636 bits per heavy atom. The maximum Gasteiger partial charge on any atom is 0.101 e. The second-order valence-electron chi connectivity index (χ2n) is 6.76. The Bertz CT molecular complexity index is 187. The molecule has 0 aliphatic rings. The van der Waals surface area contributed by atoms with E-state index in [-0.39, 0.29) is 0 Å². The Labute approximate surface area is 145 Å². The van der Waals surface area contributed by atoms with E-state index < -0.39 is 0 Å². The number of hydrogen-bond donors (Lipinski definition) is 0. The van der Waals surface area contributed by atoms with Crippen LogP contribution in [0, 0.1) is 0 Å². The summed E-state index contributed by atoms with van der Waals surface area (Å²) >= 11 is 0. The molecule has 0 aliphatic carbocycles. The molecular weight excluding hydrogens is 301 g/mol. The van der Waals surface area contributed by atoms with E-state index in [4.69, 9.17) is 0 Å². The van der Waals surface area contributed by atoms with Crippen LogP contribution in [0.2, 0.25) is 6.32 Å². The molecule has 0 spiro atoms. The maximum atomic E-state index is 2.42. The van der Waals surface area contributed by atoms with Gasteiger partial charge >= 0.3 is 0 Å². The van der Waals surface area contributed by atoms with Crippen molar-refractivity contribution >= 4 is 23.7 Å². The first-order valence-corrected chi connectivity index (χ1v) is 13.8. The van der Waals surface area contributed by atoms with Crippen LogP contribution in [-0.4, -0.2) is 37.9 Å². The predicted molar refractivity (Wildman–Crippen MR) is 115 cm³/mol. The normalized spacial score (nSPS) is 12.0. The molecule has 0 nitrogen and oxygen atoms in total. The first-order valence-electron chi connectivity index (χ1n) is 10.2. The van der Waals surface area contributed by atoms with Crippen molar-refractivity contribution in [2.24, 2.45) is 0 Å². The molecule has 0 radical (unpaired) electrons. The molecule has 0 saturated heterocycles. The summed E-state index contributed by atoms with van der Waals surface area (Å²) in [5.74, 6) is 0. The van der Waals surface area contributed by atoms with E-state index in [1.165, 1.54) is 64.1 Å². The van der Waals surface area contributed by atoms with Gasteiger partial charge in [-0.1, -0.05) is 75.5 Å². The molecule has 3 heteroatoms. The lowest BCUT2D eigenvalue weighted by atomic mass is 10.0. The lowest BCUT2D eigenvalue weighted by Crippen LogP contribution is -2.13. The highest BCUT2D eigenvalue weighted by Crippen LogP contribution is 2.61. The molecule has 0 N–H and O–H groups in total. The van der Waals surface area contributed by atoms with Gasteiger partial charge in [0.2, 0.25) is 0 Å². The molecule has 0 bridgehead atoms. The van der Waals surface area contributed by atoms with Gasteiger partial charge in [-0.3, -0.25) is 0 Å². The van der Waals surface area contributed by atoms with Gasteiger partial charge in [0, 0.05) is 0 Å². The minimum Gasteiger partial charge on any atom is -0.0992 e. The molecule has 0 fully saturated rings. The van der Waals surface area contributed by atoms with Crippen molar-refractivity contribution in [3.8, 4) is 0 Å². The Hall–Kier alpha value is 0.925. The first-order chi connectivity index (χ1) is 10.7. The topological polar surface area (TPSA) is 0 Å². The minimum atomic E-state index is 0.315. The number of rotatable bonds is 16. The van der Waals surface area contributed by atoms with Crippen LogP contribution in [0.25, 0.3) is 0 Å². The van der Waals surface area contributed by atoms with Crippen molar-refractivity contribution in [1.82, 2.24) is 0 Å². The van der Waals surface area contributed by atoms with Gasteiger partial charge < -0.3 is 0 Å². The lowest BCUT2D eigenvalue weighted by molar-refractivity contribution is 0.844. The summed E-state index contributed by atoms with van der Waals surface area (Å²) in [6, 6.07) is 0. The van der Waals surface area contributed by atoms with Crippen molar-refractivity contribution in [2.45, 2.75) is 97.2 Å². The fourth-order valence-corrected chi connectivity index (χ4v) is 12.1. The van der Waals surface area contributed by atoms with Crippen LogP contribution in [0.4, 0.5) is 0 Å². The van der Waals surface area contributed by atoms with Gasteiger partial charge in [0.15, 0.2) is 0 Å². The molecule has 0 rings (SSSR count). The summed E-state index contributed by atoms with van der Waals surface area (Å²) in [6.45, 7) is 9.50. The fourth-order valence-electron chi connectivity index (χ4n) is 3.12. The average molecular weight is 344 g/mol. The molecule has 0 aromatic rings. The van der Waals surface area contributed by atoms with E-state index >= 15 is 0 Å². The van der Waals surface area contributed by atoms with E-state index in [0.29, 0.717) is 15.8 Å². The molecule has 0 aromatic carbocycles. The number of hydrogen-bond acceptors (Lipinski definition) is 0. The standard InChI is InChI=1S/C19H43BP2/c1-5-9-15-21(16-10-6-2)19(13-14-20)22(17-11-7-3)18-12-8-4/h19H,5-18,20H2,1-4H3. The van der Waals surface area contributed by atoms with E-state index in [1.54, 1.807) is 24.6 Å². The Kier molecular flexibility index (Phi) is 17.5. The van der Waals surface area contributed by atoms with E-state index in [2.05, 4.69) is 35.5 Å². The van der Waals surface area contributed by atoms with Crippen molar-refractivity contribution in [2.75, 3.05) is 24.6 Å². The lowest BCUT2D eigenvalue weighted by Gasteiger charge is -2.35. The van der Waals surface area contributed by atoms with E-state index in [0.717, 1.165) is 5.40 Å². The third kappa shape index (κ3) is 10.7. The smallest absolute Gasteiger partial charge is 0.0992 e. The van der Waals surface area contributed by atoms with Gasteiger partial charge in [0.25, 0.3) is 0 Å². The van der Waals surface area contributed by atoms with Gasteiger partial charge in [-0.05, 0) is 62.2 Å². The van der Waals surface area contributed by atoms with Gasteiger partial charge in [-0.2, -0.15) is 0 Å². The van der Waals surface area contributed by atoms with Gasteiger partial charge in [0.1, 0.15) is 7.85 Å². The van der Waals surface area contributed by atoms with Crippen LogP contribution in [0.3, 0.4) is 0 Å². The van der Waals surface area contributed by atoms with Crippen molar-refractivity contribution in [3.05, 3.63) is 0 Å². The Morgan fingerprint density at radius 3 is 1.18 bits per heavy atom. The van der Waals surface area contributed by atoms with Gasteiger partial charge in [-0.15, -0.1) is 0 Å². The molecule has 0 saturated carbocycles.